The maximum absolute atomic E-state index is 12.3. The van der Waals surface area contributed by atoms with Crippen LogP contribution in [0.3, 0.4) is 0 Å². The Morgan fingerprint density at radius 2 is 2.07 bits per heavy atom. The Morgan fingerprint density at radius 3 is 2.79 bits per heavy atom. The lowest BCUT2D eigenvalue weighted by molar-refractivity contribution is -0.141. The molecule has 0 radical (unpaired) electrons. The van der Waals surface area contributed by atoms with Crippen molar-refractivity contribution in [2.75, 3.05) is 6.54 Å². The van der Waals surface area contributed by atoms with Crippen molar-refractivity contribution in [3.63, 3.8) is 0 Å². The summed E-state index contributed by atoms with van der Waals surface area (Å²) in [5, 5.41) is 2.99. The van der Waals surface area contributed by atoms with Crippen LogP contribution in [0.5, 0.6) is 0 Å². The zero-order valence-corrected chi connectivity index (χ0v) is 7.36. The zero-order valence-electron chi connectivity index (χ0n) is 7.36. The lowest BCUT2D eigenvalue weighted by atomic mass is 10.1. The molecule has 2 nitrogen and oxygen atoms in total. The highest BCUT2D eigenvalue weighted by Crippen LogP contribution is 2.28. The standard InChI is InChI=1S/C9H9F3N2/c10-9(11,12)8-2-1-6-3-4-13-5-7(6)14-8/h1-2,13H,3-5H2. The Labute approximate surface area is 79.2 Å². The number of rotatable bonds is 0. The van der Waals surface area contributed by atoms with E-state index in [-0.39, 0.29) is 0 Å². The molecule has 0 bridgehead atoms. The van der Waals surface area contributed by atoms with Gasteiger partial charge in [0.15, 0.2) is 0 Å². The van der Waals surface area contributed by atoms with Gasteiger partial charge in [0.25, 0.3) is 0 Å². The van der Waals surface area contributed by atoms with Gasteiger partial charge in [-0.15, -0.1) is 0 Å². The first kappa shape index (κ1) is 9.45. The lowest BCUT2D eigenvalue weighted by Gasteiger charge is -2.17. The smallest absolute Gasteiger partial charge is 0.311 e. The topological polar surface area (TPSA) is 24.9 Å². The molecule has 2 rings (SSSR count). The fourth-order valence-corrected chi connectivity index (χ4v) is 1.50. The maximum Gasteiger partial charge on any atom is 0.433 e. The fraction of sp³-hybridized carbons (Fsp3) is 0.444. The van der Waals surface area contributed by atoms with Crippen LogP contribution in [0.4, 0.5) is 13.2 Å². The van der Waals surface area contributed by atoms with Gasteiger partial charge in [-0.25, -0.2) is 4.98 Å². The van der Waals surface area contributed by atoms with E-state index in [0.717, 1.165) is 24.6 Å². The molecule has 14 heavy (non-hydrogen) atoms. The minimum Gasteiger partial charge on any atom is -0.311 e. The van der Waals surface area contributed by atoms with Gasteiger partial charge in [-0.05, 0) is 24.6 Å². The van der Waals surface area contributed by atoms with Gasteiger partial charge in [0.05, 0.1) is 5.69 Å². The second-order valence-electron chi connectivity index (χ2n) is 3.23. The first-order valence-corrected chi connectivity index (χ1v) is 4.34. The van der Waals surface area contributed by atoms with Gasteiger partial charge in [0.2, 0.25) is 0 Å². The summed E-state index contributed by atoms with van der Waals surface area (Å²) in [7, 11) is 0. The minimum absolute atomic E-state index is 0.430. The van der Waals surface area contributed by atoms with E-state index >= 15 is 0 Å². The van der Waals surface area contributed by atoms with E-state index in [1.807, 2.05) is 0 Å². The number of aromatic nitrogens is 1. The third-order valence-corrected chi connectivity index (χ3v) is 2.22. The summed E-state index contributed by atoms with van der Waals surface area (Å²) in [6.07, 6.45) is -3.59. The third-order valence-electron chi connectivity index (χ3n) is 2.22. The van der Waals surface area contributed by atoms with E-state index in [1.165, 1.54) is 6.07 Å². The van der Waals surface area contributed by atoms with Crippen LogP contribution in [0.15, 0.2) is 12.1 Å². The molecule has 1 aliphatic heterocycles. The van der Waals surface area contributed by atoms with Crippen LogP contribution in [0.2, 0.25) is 0 Å². The Kier molecular flexibility index (Phi) is 2.19. The van der Waals surface area contributed by atoms with E-state index < -0.39 is 11.9 Å². The van der Waals surface area contributed by atoms with Gasteiger partial charge in [-0.1, -0.05) is 6.07 Å². The Hall–Kier alpha value is -1.10. The Morgan fingerprint density at radius 1 is 1.29 bits per heavy atom. The van der Waals surface area contributed by atoms with Gasteiger partial charge in [-0.2, -0.15) is 13.2 Å². The van der Waals surface area contributed by atoms with Crippen molar-refractivity contribution in [1.29, 1.82) is 0 Å². The molecule has 1 aliphatic rings. The van der Waals surface area contributed by atoms with Crippen molar-refractivity contribution in [1.82, 2.24) is 10.3 Å². The molecular weight excluding hydrogens is 193 g/mol. The second-order valence-corrected chi connectivity index (χ2v) is 3.23. The number of nitrogens with zero attached hydrogens (tertiary/aromatic N) is 1. The molecule has 0 spiro atoms. The fourth-order valence-electron chi connectivity index (χ4n) is 1.50. The molecule has 76 valence electrons. The molecular formula is C9H9F3N2. The molecule has 1 aromatic rings. The number of pyridine rings is 1. The van der Waals surface area contributed by atoms with E-state index in [4.69, 9.17) is 0 Å². The molecule has 0 aromatic carbocycles. The number of fused-ring (bicyclic) bond motifs is 1. The summed E-state index contributed by atoms with van der Waals surface area (Å²) in [5.74, 6) is 0. The quantitative estimate of drug-likeness (QED) is 0.693. The SMILES string of the molecule is FC(F)(F)c1ccc2c(n1)CNCC2. The largest absolute Gasteiger partial charge is 0.433 e. The highest BCUT2D eigenvalue weighted by atomic mass is 19.4. The molecule has 0 atom stereocenters. The summed E-state index contributed by atoms with van der Waals surface area (Å²) in [4.78, 5) is 3.60. The molecule has 0 saturated heterocycles. The number of alkyl halides is 3. The zero-order chi connectivity index (χ0) is 10.2. The van der Waals surface area contributed by atoms with Crippen molar-refractivity contribution in [2.45, 2.75) is 19.1 Å². The van der Waals surface area contributed by atoms with Gasteiger partial charge >= 0.3 is 6.18 Å². The molecule has 5 heteroatoms. The maximum atomic E-state index is 12.3. The predicted molar refractivity (Wildman–Crippen MR) is 44.6 cm³/mol. The van der Waals surface area contributed by atoms with Crippen molar-refractivity contribution in [3.05, 3.63) is 29.1 Å². The Balaban J connectivity index is 2.39. The van der Waals surface area contributed by atoms with Crippen LogP contribution in [0.25, 0.3) is 0 Å². The average Bonchev–Trinajstić information content (AvgIpc) is 2.16. The lowest BCUT2D eigenvalue weighted by Crippen LogP contribution is -2.25. The summed E-state index contributed by atoms with van der Waals surface area (Å²) >= 11 is 0. The molecule has 0 aliphatic carbocycles. The minimum atomic E-state index is -4.34. The van der Waals surface area contributed by atoms with Crippen molar-refractivity contribution in [3.8, 4) is 0 Å². The third kappa shape index (κ3) is 1.72. The number of hydrogen-bond donors (Lipinski definition) is 1. The predicted octanol–water partition coefficient (Wildman–Crippen LogP) is 1.75. The van der Waals surface area contributed by atoms with Crippen LogP contribution in [0.1, 0.15) is 17.0 Å². The van der Waals surface area contributed by atoms with E-state index in [0.29, 0.717) is 12.2 Å². The molecule has 1 aromatic heterocycles. The summed E-state index contributed by atoms with van der Waals surface area (Å²) in [5.41, 5.74) is 0.628. The molecule has 0 amide bonds. The number of nitrogens with one attached hydrogen (secondary N) is 1. The summed E-state index contributed by atoms with van der Waals surface area (Å²) < 4.78 is 36.8. The van der Waals surface area contributed by atoms with Gasteiger partial charge in [0, 0.05) is 6.54 Å². The molecule has 1 N–H and O–H groups in total. The summed E-state index contributed by atoms with van der Waals surface area (Å²) in [6, 6.07) is 2.57. The number of halogens is 3. The van der Waals surface area contributed by atoms with Crippen LogP contribution >= 0.6 is 0 Å². The van der Waals surface area contributed by atoms with E-state index in [1.54, 1.807) is 0 Å². The van der Waals surface area contributed by atoms with Gasteiger partial charge in [0.1, 0.15) is 5.69 Å². The van der Waals surface area contributed by atoms with Crippen LogP contribution < -0.4 is 5.32 Å². The normalized spacial score (nSPS) is 16.5. The first-order valence-electron chi connectivity index (χ1n) is 4.34. The average molecular weight is 202 g/mol. The van der Waals surface area contributed by atoms with Crippen LogP contribution in [-0.2, 0) is 19.1 Å². The first-order chi connectivity index (χ1) is 6.57. The van der Waals surface area contributed by atoms with E-state index in [2.05, 4.69) is 10.3 Å². The molecule has 0 saturated carbocycles. The number of hydrogen-bond acceptors (Lipinski definition) is 2. The monoisotopic (exact) mass is 202 g/mol. The molecule has 0 unspecified atom stereocenters. The molecule has 0 fully saturated rings. The van der Waals surface area contributed by atoms with Crippen molar-refractivity contribution < 1.29 is 13.2 Å². The van der Waals surface area contributed by atoms with Crippen LogP contribution in [-0.4, -0.2) is 11.5 Å². The molecule has 2 heterocycles. The van der Waals surface area contributed by atoms with Crippen molar-refractivity contribution in [2.24, 2.45) is 0 Å². The Bertz CT molecular complexity index is 346. The van der Waals surface area contributed by atoms with Crippen LogP contribution in [0, 0.1) is 0 Å². The highest BCUT2D eigenvalue weighted by Gasteiger charge is 2.33. The summed E-state index contributed by atoms with van der Waals surface area (Å²) in [6.45, 7) is 1.24. The second kappa shape index (κ2) is 3.24. The van der Waals surface area contributed by atoms with Gasteiger partial charge < -0.3 is 5.32 Å². The van der Waals surface area contributed by atoms with Crippen molar-refractivity contribution >= 4 is 0 Å². The van der Waals surface area contributed by atoms with E-state index in [9.17, 15) is 13.2 Å². The highest BCUT2D eigenvalue weighted by molar-refractivity contribution is 5.26. The van der Waals surface area contributed by atoms with Gasteiger partial charge in [-0.3, -0.25) is 0 Å².